The summed E-state index contributed by atoms with van der Waals surface area (Å²) >= 11 is 7.81. The number of rotatable bonds is 8. The first-order valence-corrected chi connectivity index (χ1v) is 12.4. The van der Waals surface area contributed by atoms with E-state index in [-0.39, 0.29) is 6.54 Å². The van der Waals surface area contributed by atoms with Crippen LogP contribution < -0.4 is 10.6 Å². The monoisotopic (exact) mass is 526 g/mol. The molecule has 2 aromatic heterocycles. The van der Waals surface area contributed by atoms with Crippen LogP contribution >= 0.6 is 22.9 Å². The van der Waals surface area contributed by atoms with E-state index in [1.54, 1.807) is 24.4 Å². The molecule has 7 nitrogen and oxygen atoms in total. The minimum absolute atomic E-state index is 0.210. The zero-order chi connectivity index (χ0) is 25.0. The van der Waals surface area contributed by atoms with Crippen LogP contribution in [0.2, 0.25) is 5.02 Å². The van der Waals surface area contributed by atoms with Crippen molar-refractivity contribution in [3.05, 3.63) is 41.0 Å². The Morgan fingerprint density at radius 2 is 1.97 bits per heavy atom. The molecule has 188 valence electrons. The van der Waals surface area contributed by atoms with Gasteiger partial charge in [0.2, 0.25) is 5.95 Å². The number of alkyl halides is 3. The Labute approximate surface area is 210 Å². The van der Waals surface area contributed by atoms with Crippen LogP contribution in [0.5, 0.6) is 0 Å². The van der Waals surface area contributed by atoms with Gasteiger partial charge in [0.15, 0.2) is 0 Å². The van der Waals surface area contributed by atoms with E-state index in [2.05, 4.69) is 32.1 Å². The molecule has 1 amide bonds. The van der Waals surface area contributed by atoms with Crippen LogP contribution in [0.25, 0.3) is 20.7 Å². The third-order valence-electron chi connectivity index (χ3n) is 5.80. The van der Waals surface area contributed by atoms with E-state index < -0.39 is 12.1 Å². The van der Waals surface area contributed by atoms with E-state index in [4.69, 9.17) is 11.6 Å². The van der Waals surface area contributed by atoms with E-state index in [1.807, 2.05) is 11.4 Å². The molecule has 1 aromatic carbocycles. The first-order valence-electron chi connectivity index (χ1n) is 11.2. The molecule has 1 aliphatic heterocycles. The summed E-state index contributed by atoms with van der Waals surface area (Å²) < 4.78 is 38.1. The smallest absolute Gasteiger partial charge is 0.354 e. The maximum Gasteiger partial charge on any atom is 0.471 e. The molecule has 0 radical (unpaired) electrons. The molecule has 0 atom stereocenters. The van der Waals surface area contributed by atoms with Gasteiger partial charge >= 0.3 is 12.1 Å². The molecule has 1 fully saturated rings. The highest BCUT2D eigenvalue weighted by atomic mass is 35.5. The Kier molecular flexibility index (Phi) is 8.10. The molecule has 0 bridgehead atoms. The Hall–Kier alpha value is -2.47. The van der Waals surface area contributed by atoms with E-state index in [0.29, 0.717) is 22.2 Å². The Bertz CT molecular complexity index is 1180. The van der Waals surface area contributed by atoms with Crippen molar-refractivity contribution < 1.29 is 18.0 Å². The molecule has 1 aliphatic rings. The van der Waals surface area contributed by atoms with Crippen molar-refractivity contribution >= 4 is 44.9 Å². The van der Waals surface area contributed by atoms with Crippen LogP contribution in [-0.4, -0.2) is 78.2 Å². The molecule has 2 N–H and O–H groups in total. The number of anilines is 1. The summed E-state index contributed by atoms with van der Waals surface area (Å²) in [5, 5.41) is 6.48. The number of aromatic nitrogens is 2. The minimum Gasteiger partial charge on any atom is -0.354 e. The predicted molar refractivity (Wildman–Crippen MR) is 133 cm³/mol. The Balaban J connectivity index is 1.38. The third kappa shape index (κ3) is 6.81. The van der Waals surface area contributed by atoms with Crippen LogP contribution in [0.4, 0.5) is 19.1 Å². The quantitative estimate of drug-likeness (QED) is 0.428. The number of likely N-dealkylation sites (N-methyl/N-ethyl adjacent to an activating group) is 1. The Morgan fingerprint density at radius 1 is 1.20 bits per heavy atom. The van der Waals surface area contributed by atoms with Gasteiger partial charge in [-0.1, -0.05) is 23.7 Å². The number of piperazine rings is 1. The van der Waals surface area contributed by atoms with Crippen molar-refractivity contribution in [2.24, 2.45) is 0 Å². The third-order valence-corrected chi connectivity index (χ3v) is 7.18. The molecule has 35 heavy (non-hydrogen) atoms. The maximum absolute atomic E-state index is 12.4. The molecular weight excluding hydrogens is 501 g/mol. The topological polar surface area (TPSA) is 73.4 Å². The van der Waals surface area contributed by atoms with Crippen molar-refractivity contribution in [2.75, 3.05) is 51.6 Å². The highest BCUT2D eigenvalue weighted by Gasteiger charge is 2.38. The second kappa shape index (κ2) is 11.1. The molecular formula is C23H26ClF3N6OS. The number of hydrogen-bond acceptors (Lipinski definition) is 7. The normalized spacial score (nSPS) is 15.5. The summed E-state index contributed by atoms with van der Waals surface area (Å²) in [6.07, 6.45) is -2.36. The number of thiophene rings is 1. The second-order valence-electron chi connectivity index (χ2n) is 8.48. The van der Waals surface area contributed by atoms with Crippen molar-refractivity contribution in [1.82, 2.24) is 25.1 Å². The van der Waals surface area contributed by atoms with Crippen molar-refractivity contribution in [3.63, 3.8) is 0 Å². The van der Waals surface area contributed by atoms with E-state index in [0.717, 1.165) is 60.7 Å². The number of amides is 1. The maximum atomic E-state index is 12.4. The fourth-order valence-corrected chi connectivity index (χ4v) is 5.16. The largest absolute Gasteiger partial charge is 0.471 e. The molecule has 0 aliphatic carbocycles. The highest BCUT2D eigenvalue weighted by molar-refractivity contribution is 7.22. The average molecular weight is 527 g/mol. The number of carbonyl (C=O) groups excluding carboxylic acids is 1. The van der Waals surface area contributed by atoms with Gasteiger partial charge in [0.05, 0.1) is 16.1 Å². The van der Waals surface area contributed by atoms with Gasteiger partial charge in [0.1, 0.15) is 5.69 Å². The summed E-state index contributed by atoms with van der Waals surface area (Å²) in [5.41, 5.74) is 1.16. The van der Waals surface area contributed by atoms with E-state index >= 15 is 0 Å². The number of halogens is 4. The van der Waals surface area contributed by atoms with Crippen molar-refractivity contribution in [2.45, 2.75) is 19.1 Å². The fraction of sp³-hybridized carbons (Fsp3) is 0.435. The summed E-state index contributed by atoms with van der Waals surface area (Å²) in [6.45, 7) is 5.90. The summed E-state index contributed by atoms with van der Waals surface area (Å²) in [7, 11) is 2.14. The van der Waals surface area contributed by atoms with Crippen molar-refractivity contribution in [1.29, 1.82) is 0 Å². The Morgan fingerprint density at radius 3 is 2.71 bits per heavy atom. The zero-order valence-electron chi connectivity index (χ0n) is 19.2. The predicted octanol–water partition coefficient (Wildman–Crippen LogP) is 4.24. The number of nitrogens with zero attached hydrogens (tertiary/aromatic N) is 4. The lowest BCUT2D eigenvalue weighted by atomic mass is 10.1. The zero-order valence-corrected chi connectivity index (χ0v) is 20.7. The molecule has 4 rings (SSSR count). The molecule has 1 saturated heterocycles. The van der Waals surface area contributed by atoms with Crippen LogP contribution in [-0.2, 0) is 11.3 Å². The molecule has 0 unspecified atom stereocenters. The van der Waals surface area contributed by atoms with Gasteiger partial charge < -0.3 is 20.4 Å². The van der Waals surface area contributed by atoms with Crippen molar-refractivity contribution in [3.8, 4) is 10.6 Å². The molecule has 0 saturated carbocycles. The fourth-order valence-electron chi connectivity index (χ4n) is 3.78. The van der Waals surface area contributed by atoms with Gasteiger partial charge in [-0.25, -0.2) is 9.97 Å². The molecule has 3 aromatic rings. The highest BCUT2D eigenvalue weighted by Crippen LogP contribution is 2.36. The van der Waals surface area contributed by atoms with Crippen LogP contribution in [0, 0.1) is 0 Å². The van der Waals surface area contributed by atoms with Gasteiger partial charge in [-0.3, -0.25) is 4.79 Å². The van der Waals surface area contributed by atoms with Crippen LogP contribution in [0.1, 0.15) is 12.0 Å². The lowest BCUT2D eigenvalue weighted by Gasteiger charge is -2.32. The van der Waals surface area contributed by atoms with Gasteiger partial charge in [0.25, 0.3) is 0 Å². The van der Waals surface area contributed by atoms with Gasteiger partial charge in [-0.2, -0.15) is 13.2 Å². The lowest BCUT2D eigenvalue weighted by molar-refractivity contribution is -0.173. The second-order valence-corrected chi connectivity index (χ2v) is 9.97. The summed E-state index contributed by atoms with van der Waals surface area (Å²) in [4.78, 5) is 25.6. The first-order chi connectivity index (χ1) is 16.7. The average Bonchev–Trinajstić information content (AvgIpc) is 3.25. The van der Waals surface area contributed by atoms with Gasteiger partial charge in [-0.15, -0.1) is 11.3 Å². The van der Waals surface area contributed by atoms with Crippen LogP contribution in [0.3, 0.4) is 0 Å². The standard InChI is InChI=1S/C23H26ClF3N6OS/c1-32-7-9-33(10-8-32)6-2-5-28-22-30-14-17(24)20(31-22)19-12-16-4-3-15(11-18(16)35-19)13-29-21(34)23(25,26)27/h3-4,11-12,14H,2,5-10,13H2,1H3,(H,29,34)(H,28,30,31). The van der Waals surface area contributed by atoms with E-state index in [1.165, 1.54) is 11.3 Å². The van der Waals surface area contributed by atoms with Gasteiger partial charge in [0, 0.05) is 44.0 Å². The van der Waals surface area contributed by atoms with Gasteiger partial charge in [-0.05, 0) is 43.1 Å². The van der Waals surface area contributed by atoms with Crippen LogP contribution in [0.15, 0.2) is 30.5 Å². The molecule has 0 spiro atoms. The number of carbonyl (C=O) groups is 1. The number of hydrogen-bond donors (Lipinski definition) is 2. The summed E-state index contributed by atoms with van der Waals surface area (Å²) in [5.74, 6) is -1.46. The lowest BCUT2D eigenvalue weighted by Crippen LogP contribution is -2.44. The molecule has 12 heteroatoms. The first kappa shape index (κ1) is 25.6. The minimum atomic E-state index is -4.90. The number of nitrogens with one attached hydrogen (secondary N) is 2. The van der Waals surface area contributed by atoms with E-state index in [9.17, 15) is 18.0 Å². The SMILES string of the molecule is CN1CCN(CCCNc2ncc(Cl)c(-c3cc4ccc(CNC(=O)C(F)(F)F)cc4s3)n2)CC1. The number of fused-ring (bicyclic) bond motifs is 1. The number of benzene rings is 1. The summed E-state index contributed by atoms with van der Waals surface area (Å²) in [6, 6.07) is 7.18. The molecule has 3 heterocycles.